The van der Waals surface area contributed by atoms with Crippen LogP contribution >= 0.6 is 0 Å². The van der Waals surface area contributed by atoms with E-state index >= 15 is 0 Å². The number of nitrogens with zero attached hydrogens (tertiary/aromatic N) is 1. The summed E-state index contributed by atoms with van der Waals surface area (Å²) < 4.78 is 13.8. The number of hydrogen-bond donors (Lipinski definition) is 4. The average molecular weight is 240 g/mol. The SMILES string of the molecule is NC(=O)CNCc1cccc(/C(N)=N/O)c1F. The molecule has 0 heterocycles. The second-order valence-electron chi connectivity index (χ2n) is 3.33. The molecule has 1 aromatic carbocycles. The molecule has 0 aliphatic heterocycles. The van der Waals surface area contributed by atoms with Gasteiger partial charge >= 0.3 is 0 Å². The quantitative estimate of drug-likeness (QED) is 0.240. The highest BCUT2D eigenvalue weighted by atomic mass is 19.1. The molecule has 92 valence electrons. The summed E-state index contributed by atoms with van der Waals surface area (Å²) in [5, 5.41) is 13.9. The second kappa shape index (κ2) is 5.80. The summed E-state index contributed by atoms with van der Waals surface area (Å²) in [6, 6.07) is 4.48. The van der Waals surface area contributed by atoms with E-state index in [1.807, 2.05) is 0 Å². The minimum atomic E-state index is -0.597. The van der Waals surface area contributed by atoms with Crippen LogP contribution in [0.5, 0.6) is 0 Å². The van der Waals surface area contributed by atoms with Crippen molar-refractivity contribution in [1.29, 1.82) is 0 Å². The van der Waals surface area contributed by atoms with Gasteiger partial charge < -0.3 is 22.0 Å². The predicted molar refractivity (Wildman–Crippen MR) is 59.8 cm³/mol. The third-order valence-corrected chi connectivity index (χ3v) is 2.08. The average Bonchev–Trinajstić information content (AvgIpc) is 2.30. The van der Waals surface area contributed by atoms with Gasteiger partial charge in [0, 0.05) is 12.1 Å². The highest BCUT2D eigenvalue weighted by molar-refractivity contribution is 5.97. The van der Waals surface area contributed by atoms with Crippen molar-refractivity contribution >= 4 is 11.7 Å². The maximum absolute atomic E-state index is 13.8. The van der Waals surface area contributed by atoms with Crippen molar-refractivity contribution in [2.45, 2.75) is 6.54 Å². The molecule has 0 bridgehead atoms. The van der Waals surface area contributed by atoms with Crippen LogP contribution in [-0.4, -0.2) is 23.5 Å². The Bertz CT molecular complexity index is 448. The summed E-state index contributed by atoms with van der Waals surface area (Å²) in [6.45, 7) is 0.0779. The van der Waals surface area contributed by atoms with Crippen LogP contribution in [0.25, 0.3) is 0 Å². The maximum Gasteiger partial charge on any atom is 0.231 e. The fourth-order valence-electron chi connectivity index (χ4n) is 1.29. The zero-order valence-corrected chi connectivity index (χ0v) is 8.98. The molecule has 0 aliphatic rings. The van der Waals surface area contributed by atoms with Crippen LogP contribution in [0.1, 0.15) is 11.1 Å². The fourth-order valence-corrected chi connectivity index (χ4v) is 1.29. The van der Waals surface area contributed by atoms with Crippen LogP contribution in [0.15, 0.2) is 23.4 Å². The number of nitrogens with one attached hydrogen (secondary N) is 1. The van der Waals surface area contributed by atoms with Gasteiger partial charge in [-0.3, -0.25) is 4.79 Å². The van der Waals surface area contributed by atoms with E-state index in [9.17, 15) is 9.18 Å². The summed E-state index contributed by atoms with van der Waals surface area (Å²) in [6.07, 6.45) is 0. The number of amidine groups is 1. The first-order valence-electron chi connectivity index (χ1n) is 4.80. The molecule has 0 fully saturated rings. The van der Waals surface area contributed by atoms with E-state index in [2.05, 4.69) is 10.5 Å². The van der Waals surface area contributed by atoms with Crippen molar-refractivity contribution in [1.82, 2.24) is 5.32 Å². The first kappa shape index (κ1) is 12.9. The molecule has 6 N–H and O–H groups in total. The molecular weight excluding hydrogens is 227 g/mol. The van der Waals surface area contributed by atoms with E-state index in [-0.39, 0.29) is 24.5 Å². The molecule has 0 radical (unpaired) electrons. The van der Waals surface area contributed by atoms with Gasteiger partial charge in [-0.1, -0.05) is 17.3 Å². The molecular formula is C10H13FN4O2. The van der Waals surface area contributed by atoms with Gasteiger partial charge in [-0.25, -0.2) is 4.39 Å². The van der Waals surface area contributed by atoms with Crippen LogP contribution in [0.3, 0.4) is 0 Å². The Morgan fingerprint density at radius 1 is 1.47 bits per heavy atom. The van der Waals surface area contributed by atoms with Gasteiger partial charge in [-0.05, 0) is 6.07 Å². The Kier molecular flexibility index (Phi) is 4.41. The molecule has 0 unspecified atom stereocenters. The van der Waals surface area contributed by atoms with E-state index in [0.29, 0.717) is 5.56 Å². The van der Waals surface area contributed by atoms with Gasteiger partial charge in [0.1, 0.15) is 5.82 Å². The number of rotatable bonds is 5. The van der Waals surface area contributed by atoms with Crippen LogP contribution in [0.2, 0.25) is 0 Å². The first-order chi connectivity index (χ1) is 8.06. The molecule has 17 heavy (non-hydrogen) atoms. The lowest BCUT2D eigenvalue weighted by atomic mass is 10.1. The molecule has 1 amide bonds. The normalized spacial score (nSPS) is 11.5. The number of carbonyl (C=O) groups excluding carboxylic acids is 1. The molecule has 7 heteroatoms. The molecule has 1 aromatic rings. The first-order valence-corrected chi connectivity index (χ1v) is 4.80. The lowest BCUT2D eigenvalue weighted by molar-refractivity contribution is -0.117. The summed E-state index contributed by atoms with van der Waals surface area (Å²) in [5.41, 5.74) is 10.5. The highest BCUT2D eigenvalue weighted by Gasteiger charge is 2.11. The minimum absolute atomic E-state index is 0.00544. The summed E-state index contributed by atoms with van der Waals surface area (Å²) in [7, 11) is 0. The number of nitrogens with two attached hydrogens (primary N) is 2. The molecule has 0 saturated carbocycles. The van der Waals surface area contributed by atoms with E-state index in [1.54, 1.807) is 6.07 Å². The van der Waals surface area contributed by atoms with Gasteiger partial charge in [0.2, 0.25) is 5.91 Å². The second-order valence-corrected chi connectivity index (χ2v) is 3.33. The third kappa shape index (κ3) is 3.42. The lowest BCUT2D eigenvalue weighted by Gasteiger charge is -2.07. The van der Waals surface area contributed by atoms with Crippen molar-refractivity contribution < 1.29 is 14.4 Å². The van der Waals surface area contributed by atoms with Crippen molar-refractivity contribution in [3.8, 4) is 0 Å². The zero-order chi connectivity index (χ0) is 12.8. The summed E-state index contributed by atoms with van der Waals surface area (Å²) in [5.74, 6) is -1.43. The fraction of sp³-hybridized carbons (Fsp3) is 0.200. The molecule has 0 atom stereocenters. The Labute approximate surface area is 97.1 Å². The number of oxime groups is 1. The van der Waals surface area contributed by atoms with E-state index in [1.165, 1.54) is 12.1 Å². The Morgan fingerprint density at radius 2 is 2.18 bits per heavy atom. The Balaban J connectivity index is 2.83. The third-order valence-electron chi connectivity index (χ3n) is 2.08. The zero-order valence-electron chi connectivity index (χ0n) is 8.98. The van der Waals surface area contributed by atoms with Crippen LogP contribution in [-0.2, 0) is 11.3 Å². The van der Waals surface area contributed by atoms with Gasteiger partial charge in [0.25, 0.3) is 0 Å². The van der Waals surface area contributed by atoms with Crippen molar-refractivity contribution in [2.24, 2.45) is 16.6 Å². The lowest BCUT2D eigenvalue weighted by Crippen LogP contribution is -2.28. The Morgan fingerprint density at radius 3 is 2.76 bits per heavy atom. The van der Waals surface area contributed by atoms with Crippen LogP contribution < -0.4 is 16.8 Å². The topological polar surface area (TPSA) is 114 Å². The number of halogens is 1. The molecule has 0 saturated heterocycles. The standard InChI is InChI=1S/C10H13FN4O2/c11-9-6(4-14-5-8(12)16)2-1-3-7(9)10(13)15-17/h1-3,14,17H,4-5H2,(H2,12,16)(H2,13,15). The monoisotopic (exact) mass is 240 g/mol. The van der Waals surface area contributed by atoms with E-state index in [0.717, 1.165) is 0 Å². The molecule has 0 spiro atoms. The predicted octanol–water partition coefficient (Wildman–Crippen LogP) is -0.505. The van der Waals surface area contributed by atoms with Gasteiger partial charge in [-0.2, -0.15) is 0 Å². The minimum Gasteiger partial charge on any atom is -0.409 e. The van der Waals surface area contributed by atoms with E-state index < -0.39 is 11.7 Å². The smallest absolute Gasteiger partial charge is 0.231 e. The van der Waals surface area contributed by atoms with Crippen LogP contribution in [0.4, 0.5) is 4.39 Å². The highest BCUT2D eigenvalue weighted by Crippen LogP contribution is 2.12. The molecule has 6 nitrogen and oxygen atoms in total. The van der Waals surface area contributed by atoms with Crippen molar-refractivity contribution in [3.05, 3.63) is 35.1 Å². The largest absolute Gasteiger partial charge is 0.409 e. The maximum atomic E-state index is 13.8. The van der Waals surface area contributed by atoms with Crippen molar-refractivity contribution in [3.63, 3.8) is 0 Å². The van der Waals surface area contributed by atoms with Crippen molar-refractivity contribution in [2.75, 3.05) is 6.54 Å². The van der Waals surface area contributed by atoms with Crippen LogP contribution in [0, 0.1) is 5.82 Å². The summed E-state index contributed by atoms with van der Waals surface area (Å²) >= 11 is 0. The number of hydrogen-bond acceptors (Lipinski definition) is 4. The molecule has 0 aromatic heterocycles. The number of carbonyl (C=O) groups is 1. The number of benzene rings is 1. The molecule has 0 aliphatic carbocycles. The molecule has 1 rings (SSSR count). The van der Waals surface area contributed by atoms with Gasteiger partial charge in [0.05, 0.1) is 12.1 Å². The number of primary amides is 1. The van der Waals surface area contributed by atoms with Gasteiger partial charge in [0.15, 0.2) is 5.84 Å². The number of amides is 1. The van der Waals surface area contributed by atoms with E-state index in [4.69, 9.17) is 16.7 Å². The Hall–Kier alpha value is -2.15. The summed E-state index contributed by atoms with van der Waals surface area (Å²) in [4.78, 5) is 10.5. The van der Waals surface area contributed by atoms with Gasteiger partial charge in [-0.15, -0.1) is 0 Å².